The summed E-state index contributed by atoms with van der Waals surface area (Å²) in [5, 5.41) is 19.5. The van der Waals surface area contributed by atoms with Crippen LogP contribution in [0.2, 0.25) is 0 Å². The monoisotopic (exact) mass is 182 g/mol. The van der Waals surface area contributed by atoms with Crippen LogP contribution in [0.15, 0.2) is 12.1 Å². The van der Waals surface area contributed by atoms with E-state index in [1.54, 1.807) is 0 Å². The fourth-order valence-corrected chi connectivity index (χ4v) is 1.03. The van der Waals surface area contributed by atoms with E-state index in [9.17, 15) is 14.5 Å². The number of aromatic nitrogens is 3. The number of nitro benzene ring substituents is 1. The highest BCUT2D eigenvalue weighted by molar-refractivity contribution is 5.83. The molecule has 0 aliphatic heterocycles. The van der Waals surface area contributed by atoms with Crippen molar-refractivity contribution in [1.29, 1.82) is 0 Å². The Labute approximate surface area is 70.5 Å². The maximum Gasteiger partial charge on any atom is 0.299 e. The van der Waals surface area contributed by atoms with Gasteiger partial charge in [0.25, 0.3) is 5.69 Å². The van der Waals surface area contributed by atoms with E-state index in [-0.39, 0.29) is 16.7 Å². The van der Waals surface area contributed by atoms with Gasteiger partial charge in [-0.25, -0.2) is 4.39 Å². The minimum absolute atomic E-state index is 0.0648. The Morgan fingerprint density at radius 2 is 2.08 bits per heavy atom. The zero-order chi connectivity index (χ0) is 9.42. The molecule has 0 saturated heterocycles. The summed E-state index contributed by atoms with van der Waals surface area (Å²) in [6.45, 7) is 0. The number of H-pyrrole nitrogens is 1. The van der Waals surface area contributed by atoms with Gasteiger partial charge in [-0.05, 0) is 6.07 Å². The first-order valence-electron chi connectivity index (χ1n) is 3.33. The Morgan fingerprint density at radius 3 is 2.77 bits per heavy atom. The zero-order valence-electron chi connectivity index (χ0n) is 6.19. The lowest BCUT2D eigenvalue weighted by Gasteiger charge is -1.91. The van der Waals surface area contributed by atoms with Crippen molar-refractivity contribution in [3.8, 4) is 0 Å². The molecule has 0 aliphatic carbocycles. The molecule has 2 rings (SSSR count). The van der Waals surface area contributed by atoms with Crippen LogP contribution in [0.4, 0.5) is 10.1 Å². The Bertz CT molecular complexity index is 480. The molecule has 0 amide bonds. The van der Waals surface area contributed by atoms with Crippen molar-refractivity contribution in [3.63, 3.8) is 0 Å². The quantitative estimate of drug-likeness (QED) is 0.526. The summed E-state index contributed by atoms with van der Waals surface area (Å²) in [7, 11) is 0. The van der Waals surface area contributed by atoms with E-state index in [1.807, 2.05) is 0 Å². The molecule has 0 fully saturated rings. The Kier molecular flexibility index (Phi) is 1.44. The van der Waals surface area contributed by atoms with Crippen LogP contribution in [-0.4, -0.2) is 20.3 Å². The second-order valence-electron chi connectivity index (χ2n) is 2.34. The number of nitrogens with zero attached hydrogens (tertiary/aromatic N) is 3. The largest absolute Gasteiger partial charge is 0.299 e. The van der Waals surface area contributed by atoms with Crippen LogP contribution in [0.1, 0.15) is 0 Å². The molecule has 66 valence electrons. The summed E-state index contributed by atoms with van der Waals surface area (Å²) < 4.78 is 12.9. The van der Waals surface area contributed by atoms with Crippen molar-refractivity contribution in [3.05, 3.63) is 28.1 Å². The third kappa shape index (κ3) is 1.01. The van der Waals surface area contributed by atoms with Crippen LogP contribution >= 0.6 is 0 Å². The maximum absolute atomic E-state index is 12.9. The lowest BCUT2D eigenvalue weighted by Crippen LogP contribution is -1.90. The van der Waals surface area contributed by atoms with Crippen molar-refractivity contribution in [2.45, 2.75) is 0 Å². The zero-order valence-corrected chi connectivity index (χ0v) is 6.19. The molecule has 0 unspecified atom stereocenters. The van der Waals surface area contributed by atoms with Gasteiger partial charge in [-0.2, -0.15) is 10.3 Å². The summed E-state index contributed by atoms with van der Waals surface area (Å²) in [4.78, 5) is 9.79. The fourth-order valence-electron chi connectivity index (χ4n) is 1.03. The molecule has 6 nitrogen and oxygen atoms in total. The van der Waals surface area contributed by atoms with Gasteiger partial charge >= 0.3 is 0 Å². The van der Waals surface area contributed by atoms with Crippen molar-refractivity contribution in [2.75, 3.05) is 0 Å². The molecule has 1 N–H and O–H groups in total. The molecule has 0 radical (unpaired) electrons. The third-order valence-corrected chi connectivity index (χ3v) is 1.60. The number of aromatic amines is 1. The number of nitro groups is 1. The molecule has 1 heterocycles. The summed E-state index contributed by atoms with van der Waals surface area (Å²) in [5.74, 6) is -0.630. The number of rotatable bonds is 1. The second-order valence-corrected chi connectivity index (χ2v) is 2.34. The van der Waals surface area contributed by atoms with Gasteiger partial charge < -0.3 is 0 Å². The first-order valence-corrected chi connectivity index (χ1v) is 3.33. The number of halogens is 1. The van der Waals surface area contributed by atoms with Gasteiger partial charge in [0.15, 0.2) is 16.9 Å². The Balaban J connectivity index is 2.86. The number of benzene rings is 1. The number of hydrogen-bond acceptors (Lipinski definition) is 4. The normalized spacial score (nSPS) is 10.5. The molecule has 2 aromatic rings. The SMILES string of the molecule is O=[N+]([O-])c1ccc(F)c2n[nH]nc12. The molecule has 0 bridgehead atoms. The molecule has 0 spiro atoms. The van der Waals surface area contributed by atoms with Crippen LogP contribution < -0.4 is 0 Å². The summed E-state index contributed by atoms with van der Waals surface area (Å²) in [6, 6.07) is 2.04. The smallest absolute Gasteiger partial charge is 0.258 e. The van der Waals surface area contributed by atoms with Crippen LogP contribution in [-0.2, 0) is 0 Å². The molecular formula is C6H3FN4O2. The Hall–Kier alpha value is -2.05. The van der Waals surface area contributed by atoms with Crippen LogP contribution in [0, 0.1) is 15.9 Å². The predicted octanol–water partition coefficient (Wildman–Crippen LogP) is 1.01. The van der Waals surface area contributed by atoms with Crippen molar-refractivity contribution in [1.82, 2.24) is 15.4 Å². The highest BCUT2D eigenvalue weighted by Crippen LogP contribution is 2.23. The summed E-state index contributed by atoms with van der Waals surface area (Å²) in [6.07, 6.45) is 0. The van der Waals surface area contributed by atoms with E-state index in [0.717, 1.165) is 12.1 Å². The minimum Gasteiger partial charge on any atom is -0.258 e. The lowest BCUT2D eigenvalue weighted by molar-refractivity contribution is -0.383. The average molecular weight is 182 g/mol. The predicted molar refractivity (Wildman–Crippen MR) is 40.5 cm³/mol. The van der Waals surface area contributed by atoms with Crippen LogP contribution in [0.5, 0.6) is 0 Å². The van der Waals surface area contributed by atoms with Crippen LogP contribution in [0.25, 0.3) is 11.0 Å². The van der Waals surface area contributed by atoms with Gasteiger partial charge in [0.1, 0.15) is 0 Å². The fraction of sp³-hybridized carbons (Fsp3) is 0. The van der Waals surface area contributed by atoms with Gasteiger partial charge in [-0.15, -0.1) is 5.10 Å². The highest BCUT2D eigenvalue weighted by Gasteiger charge is 2.17. The first-order chi connectivity index (χ1) is 6.20. The average Bonchev–Trinajstić information content (AvgIpc) is 2.53. The van der Waals surface area contributed by atoms with E-state index in [1.165, 1.54) is 0 Å². The van der Waals surface area contributed by atoms with Crippen LogP contribution in [0.3, 0.4) is 0 Å². The van der Waals surface area contributed by atoms with Gasteiger partial charge in [0.05, 0.1) is 4.92 Å². The first kappa shape index (κ1) is 7.59. The molecule has 0 atom stereocenters. The van der Waals surface area contributed by atoms with Gasteiger partial charge in [0.2, 0.25) is 0 Å². The summed E-state index contributed by atoms with van der Waals surface area (Å²) in [5.41, 5.74) is -0.440. The van der Waals surface area contributed by atoms with Crippen molar-refractivity contribution >= 4 is 16.7 Å². The van der Waals surface area contributed by atoms with Crippen molar-refractivity contribution < 1.29 is 9.31 Å². The molecule has 7 heteroatoms. The molecular weight excluding hydrogens is 179 g/mol. The van der Waals surface area contributed by atoms with E-state index >= 15 is 0 Å². The number of hydrogen-bond donors (Lipinski definition) is 1. The van der Waals surface area contributed by atoms with E-state index in [4.69, 9.17) is 0 Å². The standard InChI is InChI=1S/C6H3FN4O2/c7-3-1-2-4(11(12)13)6-5(3)8-10-9-6/h1-2H,(H,8,9,10). The van der Waals surface area contributed by atoms with Gasteiger partial charge in [-0.1, -0.05) is 0 Å². The van der Waals surface area contributed by atoms with E-state index < -0.39 is 10.7 Å². The second kappa shape index (κ2) is 2.47. The number of nitrogens with one attached hydrogen (secondary N) is 1. The van der Waals surface area contributed by atoms with Gasteiger partial charge in [0, 0.05) is 6.07 Å². The number of non-ortho nitro benzene ring substituents is 1. The molecule has 1 aromatic heterocycles. The van der Waals surface area contributed by atoms with E-state index in [0.29, 0.717) is 0 Å². The van der Waals surface area contributed by atoms with Gasteiger partial charge in [-0.3, -0.25) is 10.1 Å². The summed E-state index contributed by atoms with van der Waals surface area (Å²) >= 11 is 0. The van der Waals surface area contributed by atoms with E-state index in [2.05, 4.69) is 15.4 Å². The third-order valence-electron chi connectivity index (χ3n) is 1.60. The minimum atomic E-state index is -0.635. The molecule has 13 heavy (non-hydrogen) atoms. The number of fused-ring (bicyclic) bond motifs is 1. The topological polar surface area (TPSA) is 84.7 Å². The molecule has 0 aliphatic rings. The maximum atomic E-state index is 12.9. The molecule has 0 saturated carbocycles. The molecule has 1 aromatic carbocycles. The highest BCUT2D eigenvalue weighted by atomic mass is 19.1. The Morgan fingerprint density at radius 1 is 1.38 bits per heavy atom. The van der Waals surface area contributed by atoms with Crippen molar-refractivity contribution in [2.24, 2.45) is 0 Å². The lowest BCUT2D eigenvalue weighted by atomic mass is 10.2.